The highest BCUT2D eigenvalue weighted by atomic mass is 15.1. The number of nitrogens with one attached hydrogen (secondary N) is 1. The minimum absolute atomic E-state index is 0.723. The maximum absolute atomic E-state index is 4.29. The Morgan fingerprint density at radius 1 is 1.35 bits per heavy atom. The summed E-state index contributed by atoms with van der Waals surface area (Å²) in [6.45, 7) is 3.37. The summed E-state index contributed by atoms with van der Waals surface area (Å²) in [5.41, 5.74) is 1.37. The van der Waals surface area contributed by atoms with Crippen molar-refractivity contribution in [1.29, 1.82) is 0 Å². The molecule has 3 rings (SSSR count). The molecule has 1 aromatic heterocycles. The van der Waals surface area contributed by atoms with E-state index in [0.29, 0.717) is 0 Å². The van der Waals surface area contributed by atoms with E-state index >= 15 is 0 Å². The molecule has 1 aromatic rings. The normalized spacial score (nSPS) is 29.5. The van der Waals surface area contributed by atoms with E-state index < -0.39 is 0 Å². The molecule has 2 fully saturated rings. The fraction of sp³-hybridized carbons (Fsp3) is 0.786. The lowest BCUT2D eigenvalue weighted by Crippen LogP contribution is -2.33. The number of hydrogen-bond acceptors (Lipinski definition) is 2. The van der Waals surface area contributed by atoms with Crippen molar-refractivity contribution in [1.82, 2.24) is 14.9 Å². The van der Waals surface area contributed by atoms with E-state index in [2.05, 4.69) is 21.8 Å². The number of aromatic nitrogens is 2. The zero-order chi connectivity index (χ0) is 11.7. The number of imidazole rings is 1. The summed E-state index contributed by atoms with van der Waals surface area (Å²) in [6.07, 6.45) is 12.2. The molecule has 2 unspecified atom stereocenters. The van der Waals surface area contributed by atoms with Crippen LogP contribution in [0.4, 0.5) is 0 Å². The predicted molar refractivity (Wildman–Crippen MR) is 68.8 cm³/mol. The maximum atomic E-state index is 4.29. The van der Waals surface area contributed by atoms with Crippen LogP contribution in [0.3, 0.4) is 0 Å². The third-order valence-electron chi connectivity index (χ3n) is 4.19. The van der Waals surface area contributed by atoms with E-state index in [4.69, 9.17) is 0 Å². The molecule has 2 saturated carbocycles. The van der Waals surface area contributed by atoms with Gasteiger partial charge in [-0.15, -0.1) is 0 Å². The second kappa shape index (κ2) is 4.81. The fourth-order valence-electron chi connectivity index (χ4n) is 3.02. The monoisotopic (exact) mass is 233 g/mol. The highest BCUT2D eigenvalue weighted by molar-refractivity contribution is 5.03. The molecule has 2 atom stereocenters. The molecule has 0 saturated heterocycles. The molecule has 1 heterocycles. The third-order valence-corrected chi connectivity index (χ3v) is 4.19. The highest BCUT2D eigenvalue weighted by Crippen LogP contribution is 2.35. The van der Waals surface area contributed by atoms with Crippen molar-refractivity contribution in [3.8, 4) is 0 Å². The Kier molecular flexibility index (Phi) is 3.19. The van der Waals surface area contributed by atoms with Gasteiger partial charge in [0.25, 0.3) is 0 Å². The van der Waals surface area contributed by atoms with Crippen LogP contribution in [-0.2, 0) is 6.54 Å². The summed E-state index contributed by atoms with van der Waals surface area (Å²) in [4.78, 5) is 4.29. The number of nitrogens with zero attached hydrogens (tertiary/aromatic N) is 2. The van der Waals surface area contributed by atoms with Gasteiger partial charge in [0, 0.05) is 24.8 Å². The van der Waals surface area contributed by atoms with Crippen LogP contribution in [0.2, 0.25) is 0 Å². The Morgan fingerprint density at radius 3 is 3.00 bits per heavy atom. The van der Waals surface area contributed by atoms with Crippen LogP contribution in [0.5, 0.6) is 0 Å². The van der Waals surface area contributed by atoms with Crippen LogP contribution in [0.25, 0.3) is 0 Å². The molecule has 0 aromatic carbocycles. The Morgan fingerprint density at radius 2 is 2.24 bits per heavy atom. The summed E-state index contributed by atoms with van der Waals surface area (Å²) in [6, 6.07) is 1.47. The highest BCUT2D eigenvalue weighted by Gasteiger charge is 2.25. The predicted octanol–water partition coefficient (Wildman–Crippen LogP) is 2.89. The van der Waals surface area contributed by atoms with E-state index in [1.165, 1.54) is 44.2 Å². The maximum Gasteiger partial charge on any atom is 0.0951 e. The van der Waals surface area contributed by atoms with Crippen molar-refractivity contribution in [3.05, 3.63) is 18.2 Å². The first-order valence-electron chi connectivity index (χ1n) is 7.07. The molecule has 2 aliphatic rings. The molecule has 0 amide bonds. The molecule has 0 aliphatic heterocycles. The van der Waals surface area contributed by atoms with Crippen molar-refractivity contribution in [3.63, 3.8) is 0 Å². The zero-order valence-corrected chi connectivity index (χ0v) is 10.7. The van der Waals surface area contributed by atoms with Crippen LogP contribution < -0.4 is 5.32 Å². The summed E-state index contributed by atoms with van der Waals surface area (Å²) in [7, 11) is 0. The smallest absolute Gasteiger partial charge is 0.0951 e. The fourth-order valence-corrected chi connectivity index (χ4v) is 3.02. The molecule has 3 heteroatoms. The summed E-state index contributed by atoms with van der Waals surface area (Å²) in [5, 5.41) is 3.72. The second-order valence-corrected chi connectivity index (χ2v) is 5.87. The van der Waals surface area contributed by atoms with Gasteiger partial charge in [0.1, 0.15) is 0 Å². The summed E-state index contributed by atoms with van der Waals surface area (Å²) < 4.78 is 2.36. The molecule has 0 spiro atoms. The standard InChI is InChI=1S/C14H23N3/c1-11-3-2-4-12(7-11)16-9-14-8-15-10-17(14)13-5-6-13/h8,10-13,16H,2-7,9H2,1H3. The van der Waals surface area contributed by atoms with Crippen molar-refractivity contribution >= 4 is 0 Å². The van der Waals surface area contributed by atoms with Crippen molar-refractivity contribution in [2.24, 2.45) is 5.92 Å². The van der Waals surface area contributed by atoms with E-state index in [-0.39, 0.29) is 0 Å². The van der Waals surface area contributed by atoms with Gasteiger partial charge in [-0.2, -0.15) is 0 Å². The van der Waals surface area contributed by atoms with Crippen molar-refractivity contribution < 1.29 is 0 Å². The van der Waals surface area contributed by atoms with E-state index in [0.717, 1.165) is 24.5 Å². The van der Waals surface area contributed by atoms with Gasteiger partial charge in [-0.25, -0.2) is 4.98 Å². The molecular formula is C14H23N3. The molecular weight excluding hydrogens is 210 g/mol. The third kappa shape index (κ3) is 2.71. The van der Waals surface area contributed by atoms with Gasteiger partial charge in [-0.3, -0.25) is 0 Å². The lowest BCUT2D eigenvalue weighted by Gasteiger charge is -2.27. The second-order valence-electron chi connectivity index (χ2n) is 5.87. The van der Waals surface area contributed by atoms with E-state index in [9.17, 15) is 0 Å². The lowest BCUT2D eigenvalue weighted by atomic mass is 9.87. The van der Waals surface area contributed by atoms with Crippen LogP contribution in [0.1, 0.15) is 57.2 Å². The number of rotatable bonds is 4. The Labute approximate surface area is 104 Å². The molecule has 2 aliphatic carbocycles. The zero-order valence-electron chi connectivity index (χ0n) is 10.7. The van der Waals surface area contributed by atoms with E-state index in [1.807, 2.05) is 12.5 Å². The molecule has 94 valence electrons. The van der Waals surface area contributed by atoms with Gasteiger partial charge in [0.05, 0.1) is 12.0 Å². The van der Waals surface area contributed by atoms with Crippen LogP contribution in [-0.4, -0.2) is 15.6 Å². The molecule has 0 bridgehead atoms. The van der Waals surface area contributed by atoms with Gasteiger partial charge in [0.2, 0.25) is 0 Å². The van der Waals surface area contributed by atoms with Gasteiger partial charge in [-0.1, -0.05) is 19.8 Å². The Balaban J connectivity index is 1.54. The van der Waals surface area contributed by atoms with Crippen molar-refractivity contribution in [2.45, 2.75) is 64.1 Å². The van der Waals surface area contributed by atoms with Gasteiger partial charge in [0.15, 0.2) is 0 Å². The Hall–Kier alpha value is -0.830. The largest absolute Gasteiger partial charge is 0.330 e. The van der Waals surface area contributed by atoms with Crippen molar-refractivity contribution in [2.75, 3.05) is 0 Å². The first kappa shape index (κ1) is 11.3. The van der Waals surface area contributed by atoms with E-state index in [1.54, 1.807) is 0 Å². The summed E-state index contributed by atoms with van der Waals surface area (Å²) in [5.74, 6) is 0.898. The average Bonchev–Trinajstić information content (AvgIpc) is 3.06. The molecule has 17 heavy (non-hydrogen) atoms. The minimum Gasteiger partial charge on any atom is -0.330 e. The number of hydrogen-bond donors (Lipinski definition) is 1. The molecule has 0 radical (unpaired) electrons. The first-order valence-corrected chi connectivity index (χ1v) is 7.07. The lowest BCUT2D eigenvalue weighted by molar-refractivity contribution is 0.299. The SMILES string of the molecule is CC1CCCC(NCc2cncn2C2CC2)C1. The Bertz CT molecular complexity index is 367. The average molecular weight is 233 g/mol. The quantitative estimate of drug-likeness (QED) is 0.866. The topological polar surface area (TPSA) is 29.9 Å². The summed E-state index contributed by atoms with van der Waals surface area (Å²) >= 11 is 0. The van der Waals surface area contributed by atoms with Crippen LogP contribution in [0.15, 0.2) is 12.5 Å². The van der Waals surface area contributed by atoms with Crippen LogP contribution in [0, 0.1) is 5.92 Å². The van der Waals surface area contributed by atoms with Crippen LogP contribution >= 0.6 is 0 Å². The minimum atomic E-state index is 0.723. The first-order chi connectivity index (χ1) is 8.33. The molecule has 3 nitrogen and oxygen atoms in total. The van der Waals surface area contributed by atoms with Gasteiger partial charge in [-0.05, 0) is 31.6 Å². The van der Waals surface area contributed by atoms with Gasteiger partial charge < -0.3 is 9.88 Å². The molecule has 1 N–H and O–H groups in total. The van der Waals surface area contributed by atoms with Gasteiger partial charge >= 0.3 is 0 Å².